The van der Waals surface area contributed by atoms with Crippen molar-refractivity contribution in [2.45, 2.75) is 18.9 Å². The molecule has 2 fully saturated rings. The summed E-state index contributed by atoms with van der Waals surface area (Å²) in [6, 6.07) is 4.44. The largest absolute Gasteiger partial charge is 0.456 e. The minimum absolute atomic E-state index is 0.00168. The maximum atomic E-state index is 12.8. The Morgan fingerprint density at radius 2 is 1.91 bits per heavy atom. The van der Waals surface area contributed by atoms with E-state index in [9.17, 15) is 18.8 Å². The van der Waals surface area contributed by atoms with Crippen molar-refractivity contribution in [3.8, 4) is 0 Å². The van der Waals surface area contributed by atoms with Gasteiger partial charge in [-0.2, -0.15) is 0 Å². The molecule has 1 aromatic carbocycles. The average Bonchev–Trinajstić information content (AvgIpc) is 3.29. The van der Waals surface area contributed by atoms with E-state index >= 15 is 0 Å². The van der Waals surface area contributed by atoms with E-state index in [1.165, 1.54) is 36.0 Å². The van der Waals surface area contributed by atoms with Crippen LogP contribution in [0.1, 0.15) is 23.2 Å². The maximum absolute atomic E-state index is 12.8. The molecular weight excluding hydrogens is 321 g/mol. The third kappa shape index (κ3) is 3.72. The predicted octanol–water partition coefficient (Wildman–Crippen LogP) is 1.86. The summed E-state index contributed by atoms with van der Waals surface area (Å²) >= 11 is 1.50. The number of esters is 1. The zero-order chi connectivity index (χ0) is 16.4. The summed E-state index contributed by atoms with van der Waals surface area (Å²) in [4.78, 5) is 37.7. The number of rotatable bonds is 5. The molecule has 23 heavy (non-hydrogen) atoms. The van der Waals surface area contributed by atoms with Crippen molar-refractivity contribution in [2.75, 3.05) is 18.2 Å². The molecule has 5 nitrogen and oxygen atoms in total. The summed E-state index contributed by atoms with van der Waals surface area (Å²) < 4.78 is 17.9. The molecule has 3 rings (SSSR count). The van der Waals surface area contributed by atoms with Crippen molar-refractivity contribution in [1.29, 1.82) is 0 Å². The molecular formula is C16H16FNO4S. The highest BCUT2D eigenvalue weighted by atomic mass is 32.2. The highest BCUT2D eigenvalue weighted by Crippen LogP contribution is 2.34. The number of ketones is 1. The zero-order valence-electron chi connectivity index (χ0n) is 12.4. The number of amides is 1. The molecule has 122 valence electrons. The van der Waals surface area contributed by atoms with Crippen molar-refractivity contribution in [1.82, 2.24) is 4.90 Å². The van der Waals surface area contributed by atoms with Crippen LogP contribution >= 0.6 is 11.8 Å². The fourth-order valence-electron chi connectivity index (χ4n) is 2.37. The van der Waals surface area contributed by atoms with Gasteiger partial charge in [-0.1, -0.05) is 0 Å². The van der Waals surface area contributed by atoms with Crippen molar-refractivity contribution in [3.63, 3.8) is 0 Å². The molecule has 0 radical (unpaired) electrons. The number of halogens is 1. The predicted molar refractivity (Wildman–Crippen MR) is 82.4 cm³/mol. The molecule has 7 heteroatoms. The summed E-state index contributed by atoms with van der Waals surface area (Å²) in [6.45, 7) is -0.406. The van der Waals surface area contributed by atoms with Crippen LogP contribution < -0.4 is 0 Å². The number of hydrogen-bond donors (Lipinski definition) is 0. The van der Waals surface area contributed by atoms with Crippen LogP contribution in [0.5, 0.6) is 0 Å². The Labute approximate surface area is 137 Å². The van der Waals surface area contributed by atoms with Gasteiger partial charge in [-0.3, -0.25) is 9.59 Å². The van der Waals surface area contributed by atoms with Gasteiger partial charge in [0.1, 0.15) is 11.9 Å². The lowest BCUT2D eigenvalue weighted by Gasteiger charge is -2.22. The van der Waals surface area contributed by atoms with Crippen LogP contribution in [0.2, 0.25) is 0 Å². The Balaban J connectivity index is 1.55. The quantitative estimate of drug-likeness (QED) is 0.606. The van der Waals surface area contributed by atoms with Crippen LogP contribution in [-0.2, 0) is 14.3 Å². The van der Waals surface area contributed by atoms with Gasteiger partial charge in [-0.25, -0.2) is 9.18 Å². The van der Waals surface area contributed by atoms with E-state index in [1.807, 2.05) is 0 Å². The van der Waals surface area contributed by atoms with Gasteiger partial charge in [0.05, 0.1) is 5.88 Å². The van der Waals surface area contributed by atoms with E-state index in [0.29, 0.717) is 11.6 Å². The maximum Gasteiger partial charge on any atom is 0.330 e. The molecule has 0 aromatic heterocycles. The second-order valence-corrected chi connectivity index (χ2v) is 6.64. The molecule has 1 amide bonds. The van der Waals surface area contributed by atoms with Crippen LogP contribution in [0.25, 0.3) is 0 Å². The average molecular weight is 337 g/mol. The molecule has 2 aliphatic rings. The van der Waals surface area contributed by atoms with Gasteiger partial charge in [0.15, 0.2) is 12.4 Å². The third-order valence-electron chi connectivity index (χ3n) is 3.88. The van der Waals surface area contributed by atoms with Gasteiger partial charge < -0.3 is 9.64 Å². The third-order valence-corrected chi connectivity index (χ3v) is 4.89. The number of hydrogen-bond acceptors (Lipinski definition) is 5. The van der Waals surface area contributed by atoms with E-state index in [-0.39, 0.29) is 17.4 Å². The summed E-state index contributed by atoms with van der Waals surface area (Å²) in [5, 5.41) is 0. The second-order valence-electron chi connectivity index (χ2n) is 5.64. The lowest BCUT2D eigenvalue weighted by atomic mass is 10.1. The van der Waals surface area contributed by atoms with E-state index in [4.69, 9.17) is 4.74 Å². The van der Waals surface area contributed by atoms with Crippen LogP contribution in [0.15, 0.2) is 24.3 Å². The first-order chi connectivity index (χ1) is 11.1. The number of carbonyl (C=O) groups is 3. The first-order valence-corrected chi connectivity index (χ1v) is 8.55. The van der Waals surface area contributed by atoms with Gasteiger partial charge >= 0.3 is 5.97 Å². The zero-order valence-corrected chi connectivity index (χ0v) is 13.2. The SMILES string of the molecule is O=C(COC(=O)[C@H]1CSCN1C(=O)C1CC1)c1ccc(F)cc1. The van der Waals surface area contributed by atoms with Gasteiger partial charge in [-0.15, -0.1) is 11.8 Å². The summed E-state index contributed by atoms with van der Waals surface area (Å²) in [5.74, 6) is -0.366. The van der Waals surface area contributed by atoms with Crippen LogP contribution in [0.3, 0.4) is 0 Å². The molecule has 1 aromatic rings. The Bertz CT molecular complexity index is 629. The minimum atomic E-state index is -0.617. The van der Waals surface area contributed by atoms with Gasteiger partial charge in [-0.05, 0) is 37.1 Å². The molecule has 1 aliphatic carbocycles. The molecule has 0 bridgehead atoms. The van der Waals surface area contributed by atoms with Gasteiger partial charge in [0, 0.05) is 17.2 Å². The first kappa shape index (κ1) is 16.0. The molecule has 0 N–H and O–H groups in total. The molecule has 1 saturated carbocycles. The van der Waals surface area contributed by atoms with Crippen LogP contribution in [-0.4, -0.2) is 46.8 Å². The molecule has 1 saturated heterocycles. The van der Waals surface area contributed by atoms with Crippen molar-refractivity contribution in [2.24, 2.45) is 5.92 Å². The smallest absolute Gasteiger partial charge is 0.330 e. The summed E-state index contributed by atoms with van der Waals surface area (Å²) in [5.41, 5.74) is 0.283. The number of carbonyl (C=O) groups excluding carboxylic acids is 3. The summed E-state index contributed by atoms with van der Waals surface area (Å²) in [7, 11) is 0. The van der Waals surface area contributed by atoms with Crippen molar-refractivity contribution < 1.29 is 23.5 Å². The lowest BCUT2D eigenvalue weighted by Crippen LogP contribution is -2.43. The van der Waals surface area contributed by atoms with E-state index in [2.05, 4.69) is 0 Å². The second kappa shape index (κ2) is 6.70. The number of nitrogens with zero attached hydrogens (tertiary/aromatic N) is 1. The monoisotopic (exact) mass is 337 g/mol. The van der Waals surface area contributed by atoms with Crippen LogP contribution in [0, 0.1) is 11.7 Å². The number of ether oxygens (including phenoxy) is 1. The first-order valence-electron chi connectivity index (χ1n) is 7.40. The highest BCUT2D eigenvalue weighted by Gasteiger charge is 2.42. The fraction of sp³-hybridized carbons (Fsp3) is 0.438. The lowest BCUT2D eigenvalue weighted by molar-refractivity contribution is -0.152. The minimum Gasteiger partial charge on any atom is -0.456 e. The normalized spacial score (nSPS) is 20.4. The van der Waals surface area contributed by atoms with E-state index in [1.54, 1.807) is 4.90 Å². The van der Waals surface area contributed by atoms with Gasteiger partial charge in [0.25, 0.3) is 0 Å². The molecule has 0 spiro atoms. The Morgan fingerprint density at radius 1 is 1.22 bits per heavy atom. The van der Waals surface area contributed by atoms with Crippen molar-refractivity contribution in [3.05, 3.63) is 35.6 Å². The Hall–Kier alpha value is -1.89. The topological polar surface area (TPSA) is 63.7 Å². The summed E-state index contributed by atoms with van der Waals surface area (Å²) in [6.07, 6.45) is 1.76. The number of benzene rings is 1. The van der Waals surface area contributed by atoms with Crippen molar-refractivity contribution >= 4 is 29.4 Å². The highest BCUT2D eigenvalue weighted by molar-refractivity contribution is 7.99. The Kier molecular flexibility index (Phi) is 4.66. The molecule has 1 aliphatic heterocycles. The Morgan fingerprint density at radius 3 is 2.57 bits per heavy atom. The van der Waals surface area contributed by atoms with E-state index in [0.717, 1.165) is 12.8 Å². The number of Topliss-reactive ketones (excluding diaryl/α,β-unsaturated/α-hetero) is 1. The number of thioether (sulfide) groups is 1. The fourth-order valence-corrected chi connectivity index (χ4v) is 3.52. The van der Waals surface area contributed by atoms with Gasteiger partial charge in [0.2, 0.25) is 5.91 Å². The standard InChI is InChI=1S/C16H16FNO4S/c17-12-5-3-10(4-6-12)14(19)7-22-16(21)13-8-23-9-18(13)15(20)11-1-2-11/h3-6,11,13H,1-2,7-9H2/t13-/m1/s1. The molecule has 0 unspecified atom stereocenters. The molecule has 1 heterocycles. The van der Waals surface area contributed by atoms with E-state index < -0.39 is 30.2 Å². The van der Waals surface area contributed by atoms with Crippen LogP contribution in [0.4, 0.5) is 4.39 Å². The molecule has 1 atom stereocenters.